The highest BCUT2D eigenvalue weighted by Gasteiger charge is 2.10. The summed E-state index contributed by atoms with van der Waals surface area (Å²) < 4.78 is 0. The molecule has 0 aliphatic rings. The first-order chi connectivity index (χ1) is 16.0. The average molecular weight is 480 g/mol. The normalized spacial score (nSPS) is 10.4. The maximum absolute atomic E-state index is 12.4. The average Bonchev–Trinajstić information content (AvgIpc) is 2.78. The fourth-order valence-electron chi connectivity index (χ4n) is 2.86. The van der Waals surface area contributed by atoms with Crippen LogP contribution in [0, 0.1) is 0 Å². The van der Waals surface area contributed by atoms with Gasteiger partial charge >= 0.3 is 0 Å². The van der Waals surface area contributed by atoms with E-state index in [-0.39, 0.29) is 18.4 Å². The van der Waals surface area contributed by atoms with Gasteiger partial charge in [-0.3, -0.25) is 4.79 Å². The van der Waals surface area contributed by atoms with Crippen molar-refractivity contribution >= 4 is 64.0 Å². The lowest BCUT2D eigenvalue weighted by atomic mass is 10.3. The Morgan fingerprint density at radius 2 is 1.15 bits per heavy atom. The number of para-hydroxylation sites is 2. The number of hydrogen-bond donors (Lipinski definition) is 4. The van der Waals surface area contributed by atoms with Crippen molar-refractivity contribution in [2.75, 3.05) is 27.8 Å². The number of rotatable bonds is 8. The third-order valence-electron chi connectivity index (χ3n) is 4.25. The standard InChI is InChI=1S/C23H19Cl2N7O/c24-15-11-16(25)13-19(12-15)27-20(33)14-26-21-30-22(28-17-7-3-1-4-8-17)32-23(31-21)29-18-9-5-2-6-10-18/h1-13H,14H2,(H,27,33)(H3,26,28,29,30,31,32). The van der Waals surface area contributed by atoms with Crippen LogP contribution in [0.3, 0.4) is 0 Å². The first-order valence-electron chi connectivity index (χ1n) is 9.93. The fourth-order valence-corrected chi connectivity index (χ4v) is 3.38. The molecule has 0 atom stereocenters. The van der Waals surface area contributed by atoms with Gasteiger partial charge in [-0.25, -0.2) is 0 Å². The molecule has 4 aromatic rings. The molecule has 0 bridgehead atoms. The molecule has 1 heterocycles. The Hall–Kier alpha value is -3.88. The number of nitrogens with zero attached hydrogens (tertiary/aromatic N) is 3. The molecule has 0 spiro atoms. The Kier molecular flexibility index (Phi) is 7.19. The van der Waals surface area contributed by atoms with Gasteiger partial charge in [0.1, 0.15) is 0 Å². The second-order valence-electron chi connectivity index (χ2n) is 6.85. The molecule has 0 saturated heterocycles. The molecule has 8 nitrogen and oxygen atoms in total. The van der Waals surface area contributed by atoms with Crippen LogP contribution in [0.1, 0.15) is 0 Å². The summed E-state index contributed by atoms with van der Waals surface area (Å²) in [4.78, 5) is 25.6. The Bertz CT molecular complexity index is 1160. The molecule has 10 heteroatoms. The van der Waals surface area contributed by atoms with Crippen LogP contribution >= 0.6 is 23.2 Å². The molecular weight excluding hydrogens is 461 g/mol. The van der Waals surface area contributed by atoms with Crippen molar-refractivity contribution in [3.8, 4) is 0 Å². The molecule has 0 aliphatic carbocycles. The van der Waals surface area contributed by atoms with Crippen LogP contribution in [0.25, 0.3) is 0 Å². The maximum atomic E-state index is 12.4. The van der Waals surface area contributed by atoms with Crippen LogP contribution in [0.2, 0.25) is 10.0 Å². The highest BCUT2D eigenvalue weighted by molar-refractivity contribution is 6.35. The lowest BCUT2D eigenvalue weighted by Gasteiger charge is -2.12. The van der Waals surface area contributed by atoms with E-state index in [2.05, 4.69) is 36.2 Å². The molecule has 0 unspecified atom stereocenters. The van der Waals surface area contributed by atoms with E-state index in [0.29, 0.717) is 27.6 Å². The van der Waals surface area contributed by atoms with Crippen LogP contribution in [0.5, 0.6) is 0 Å². The summed E-state index contributed by atoms with van der Waals surface area (Å²) in [5, 5.41) is 12.8. The number of nitrogens with one attached hydrogen (secondary N) is 4. The zero-order valence-corrected chi connectivity index (χ0v) is 18.7. The van der Waals surface area contributed by atoms with E-state index in [1.807, 2.05) is 60.7 Å². The molecule has 166 valence electrons. The molecule has 0 radical (unpaired) electrons. The molecule has 0 saturated carbocycles. The number of amides is 1. The minimum Gasteiger partial charge on any atom is -0.345 e. The van der Waals surface area contributed by atoms with E-state index in [0.717, 1.165) is 11.4 Å². The van der Waals surface area contributed by atoms with Gasteiger partial charge in [-0.15, -0.1) is 0 Å². The second kappa shape index (κ2) is 10.6. The molecule has 4 rings (SSSR count). The molecule has 33 heavy (non-hydrogen) atoms. The van der Waals surface area contributed by atoms with E-state index >= 15 is 0 Å². The summed E-state index contributed by atoms with van der Waals surface area (Å²) >= 11 is 12.0. The molecule has 0 fully saturated rings. The summed E-state index contributed by atoms with van der Waals surface area (Å²) in [7, 11) is 0. The molecular formula is C23H19Cl2N7O. The third-order valence-corrected chi connectivity index (χ3v) is 4.69. The van der Waals surface area contributed by atoms with E-state index < -0.39 is 0 Å². The highest BCUT2D eigenvalue weighted by Crippen LogP contribution is 2.22. The zero-order chi connectivity index (χ0) is 23.0. The predicted octanol–water partition coefficient (Wildman–Crippen LogP) is 5.72. The van der Waals surface area contributed by atoms with Gasteiger partial charge in [0.25, 0.3) is 0 Å². The van der Waals surface area contributed by atoms with Crippen LogP contribution < -0.4 is 21.3 Å². The van der Waals surface area contributed by atoms with Gasteiger partial charge < -0.3 is 21.3 Å². The van der Waals surface area contributed by atoms with E-state index in [4.69, 9.17) is 23.2 Å². The number of hydrogen-bond acceptors (Lipinski definition) is 7. The Morgan fingerprint density at radius 1 is 0.667 bits per heavy atom. The first kappa shape index (κ1) is 22.3. The van der Waals surface area contributed by atoms with Gasteiger partial charge in [0.05, 0.1) is 6.54 Å². The molecule has 4 N–H and O–H groups in total. The fraction of sp³-hybridized carbons (Fsp3) is 0.0435. The van der Waals surface area contributed by atoms with Crippen molar-refractivity contribution in [2.24, 2.45) is 0 Å². The number of halogens is 2. The highest BCUT2D eigenvalue weighted by atomic mass is 35.5. The predicted molar refractivity (Wildman–Crippen MR) is 133 cm³/mol. The van der Waals surface area contributed by atoms with Crippen molar-refractivity contribution in [1.82, 2.24) is 15.0 Å². The number of carbonyl (C=O) groups is 1. The van der Waals surface area contributed by atoms with Gasteiger partial charge in [-0.2, -0.15) is 15.0 Å². The lowest BCUT2D eigenvalue weighted by molar-refractivity contribution is -0.114. The summed E-state index contributed by atoms with van der Waals surface area (Å²) in [5.41, 5.74) is 2.12. The minimum atomic E-state index is -0.316. The Balaban J connectivity index is 1.49. The quantitative estimate of drug-likeness (QED) is 0.256. The number of aromatic nitrogens is 3. The van der Waals surface area contributed by atoms with E-state index in [1.54, 1.807) is 18.2 Å². The van der Waals surface area contributed by atoms with Crippen molar-refractivity contribution in [2.45, 2.75) is 0 Å². The molecule has 1 amide bonds. The summed E-state index contributed by atoms with van der Waals surface area (Å²) in [6.45, 7) is -0.0797. The minimum absolute atomic E-state index is 0.0797. The molecule has 1 aromatic heterocycles. The monoisotopic (exact) mass is 479 g/mol. The van der Waals surface area contributed by atoms with Gasteiger partial charge in [0.2, 0.25) is 23.8 Å². The lowest BCUT2D eigenvalue weighted by Crippen LogP contribution is -2.23. The SMILES string of the molecule is O=C(CNc1nc(Nc2ccccc2)nc(Nc2ccccc2)n1)Nc1cc(Cl)cc(Cl)c1. The van der Waals surface area contributed by atoms with E-state index in [1.165, 1.54) is 0 Å². The van der Waals surface area contributed by atoms with Crippen LogP contribution in [-0.4, -0.2) is 27.4 Å². The van der Waals surface area contributed by atoms with Crippen molar-refractivity contribution < 1.29 is 4.79 Å². The van der Waals surface area contributed by atoms with Crippen molar-refractivity contribution in [3.63, 3.8) is 0 Å². The topological polar surface area (TPSA) is 104 Å². The van der Waals surface area contributed by atoms with Crippen molar-refractivity contribution in [3.05, 3.63) is 88.9 Å². The largest absolute Gasteiger partial charge is 0.345 e. The number of carbonyl (C=O) groups excluding carboxylic acids is 1. The van der Waals surface area contributed by atoms with Crippen molar-refractivity contribution in [1.29, 1.82) is 0 Å². The first-order valence-corrected chi connectivity index (χ1v) is 10.7. The Labute approximate surface area is 200 Å². The maximum Gasteiger partial charge on any atom is 0.243 e. The smallest absolute Gasteiger partial charge is 0.243 e. The number of anilines is 6. The van der Waals surface area contributed by atoms with Crippen LogP contribution in [-0.2, 0) is 4.79 Å². The number of benzene rings is 3. The van der Waals surface area contributed by atoms with Gasteiger partial charge in [-0.05, 0) is 42.5 Å². The third kappa shape index (κ3) is 6.80. The van der Waals surface area contributed by atoms with Crippen LogP contribution in [0.15, 0.2) is 78.9 Å². The van der Waals surface area contributed by atoms with E-state index in [9.17, 15) is 4.79 Å². The second-order valence-corrected chi connectivity index (χ2v) is 7.72. The summed E-state index contributed by atoms with van der Waals surface area (Å²) in [6.07, 6.45) is 0. The van der Waals surface area contributed by atoms with Crippen LogP contribution in [0.4, 0.5) is 34.9 Å². The molecule has 3 aromatic carbocycles. The zero-order valence-electron chi connectivity index (χ0n) is 17.2. The Morgan fingerprint density at radius 3 is 1.67 bits per heavy atom. The summed E-state index contributed by atoms with van der Waals surface area (Å²) in [5.74, 6) is 0.545. The molecule has 0 aliphatic heterocycles. The van der Waals surface area contributed by atoms with Gasteiger partial charge in [0, 0.05) is 27.1 Å². The van der Waals surface area contributed by atoms with Gasteiger partial charge in [-0.1, -0.05) is 59.6 Å². The summed E-state index contributed by atoms with van der Waals surface area (Å²) in [6, 6.07) is 23.8. The van der Waals surface area contributed by atoms with Gasteiger partial charge in [0.15, 0.2) is 0 Å².